The van der Waals surface area contributed by atoms with Crippen LogP contribution in [0.25, 0.3) is 106 Å². The summed E-state index contributed by atoms with van der Waals surface area (Å²) < 4.78 is 232. The van der Waals surface area contributed by atoms with Crippen molar-refractivity contribution in [1.82, 2.24) is 33.6 Å². The SMILES string of the molecule is [2H]c1c(-c2c([2H])c([2H])c([2H])c(-n3c4ncccc4c4c([2H])c([2H])c([2H])c([2H])c43)c2-n2c3ncccc3c3c([2H])c([2H])c([2H])c([2H])c32)nc(-c2c([2H])c([2H])c([2H])c([2H])c2[2H])nc1-n1c2c([2H])c([2H])c([2H])c([2H])c2c2c([2H])c([2H])c([2H])c([2H])c21. The van der Waals surface area contributed by atoms with Crippen LogP contribution in [0.5, 0.6) is 0 Å². The quantitative estimate of drug-likeness (QED) is 0.175. The first-order valence-electron chi connectivity index (χ1n) is 29.5. The van der Waals surface area contributed by atoms with Crippen molar-refractivity contribution in [3.63, 3.8) is 0 Å². The maximum absolute atomic E-state index is 10.4. The van der Waals surface area contributed by atoms with E-state index in [-0.39, 0.29) is 38.4 Å². The molecule has 0 N–H and O–H groups in total. The Morgan fingerprint density at radius 3 is 1.56 bits per heavy atom. The van der Waals surface area contributed by atoms with Crippen molar-refractivity contribution in [3.8, 4) is 39.8 Å². The minimum absolute atomic E-state index is 0.0273. The van der Waals surface area contributed by atoms with E-state index in [0.29, 0.717) is 0 Å². The predicted octanol–water partition coefficient (Wildman–Crippen LogP) is 11.9. The first kappa shape index (κ1) is 15.7. The standard InChI is InChI=1S/C50H31N7/c1-2-15-32(16-3-1)48-53-40(31-46(54-48)55-41-24-8-4-17-33(41)34-18-5-9-25-42(34)55)39-21-12-28-45(56-43-26-10-6-19-35(43)37-22-13-29-51-49(37)56)47(39)57-44-27-11-7-20-36(44)38-23-14-30-52-50(38)57/h1-31H/i1D,2D,3D,4D,5D,6D,7D,8D,9D,10D,11D,12D,15D,16D,17D,18D,19D,20D,21D,24D,25D,26D,27D,28D,31D. The number of hydrogen-bond donors (Lipinski definition) is 0. The lowest BCUT2D eigenvalue weighted by molar-refractivity contribution is 1.04. The van der Waals surface area contributed by atoms with Crippen molar-refractivity contribution in [2.75, 3.05) is 0 Å². The number of nitrogens with zero attached hydrogens (tertiary/aromatic N) is 7. The molecule has 0 unspecified atom stereocenters. The van der Waals surface area contributed by atoms with E-state index < -0.39 is 218 Å². The van der Waals surface area contributed by atoms with E-state index in [1.54, 1.807) is 0 Å². The normalized spacial score (nSPS) is 18.0. The highest BCUT2D eigenvalue weighted by atomic mass is 15.1. The Morgan fingerprint density at radius 1 is 0.439 bits per heavy atom. The second-order valence-corrected chi connectivity index (χ2v) is 12.4. The lowest BCUT2D eigenvalue weighted by Gasteiger charge is -2.20. The lowest BCUT2D eigenvalue weighted by Crippen LogP contribution is -2.08. The van der Waals surface area contributed by atoms with E-state index >= 15 is 0 Å². The summed E-state index contributed by atoms with van der Waals surface area (Å²) in [6.07, 6.45) is 2.56. The average molecular weight is 755 g/mol. The van der Waals surface area contributed by atoms with Gasteiger partial charge in [0.25, 0.3) is 0 Å². The van der Waals surface area contributed by atoms with Crippen LogP contribution in [0.1, 0.15) is 34.3 Å². The Labute approximate surface area is 361 Å². The largest absolute Gasteiger partial charge is 0.294 e. The van der Waals surface area contributed by atoms with E-state index in [2.05, 4.69) is 19.9 Å². The minimum atomic E-state index is -1.04. The Balaban J connectivity index is 1.42. The molecule has 0 aliphatic carbocycles. The molecule has 266 valence electrons. The molecule has 0 aliphatic heterocycles. The van der Waals surface area contributed by atoms with Crippen molar-refractivity contribution in [2.24, 2.45) is 0 Å². The van der Waals surface area contributed by atoms with Crippen LogP contribution in [-0.4, -0.2) is 33.6 Å². The van der Waals surface area contributed by atoms with Crippen molar-refractivity contribution in [1.29, 1.82) is 0 Å². The smallest absolute Gasteiger partial charge is 0.162 e. The second kappa shape index (κ2) is 12.3. The van der Waals surface area contributed by atoms with Crippen LogP contribution >= 0.6 is 0 Å². The first-order valence-corrected chi connectivity index (χ1v) is 17.0. The van der Waals surface area contributed by atoms with Crippen LogP contribution in [0.3, 0.4) is 0 Å². The number of rotatable bonds is 5. The highest BCUT2D eigenvalue weighted by molar-refractivity contribution is 6.11. The Bertz CT molecular complexity index is 4900. The summed E-state index contributed by atoms with van der Waals surface area (Å²) in [4.78, 5) is 18.4. The molecule has 0 atom stereocenters. The molecule has 6 aromatic heterocycles. The number of benzene rings is 6. The summed E-state index contributed by atoms with van der Waals surface area (Å²) >= 11 is 0. The molecule has 7 heteroatoms. The van der Waals surface area contributed by atoms with Gasteiger partial charge in [0, 0.05) is 61.9 Å². The molecule has 6 heterocycles. The topological polar surface area (TPSA) is 66.3 Å². The Hall–Kier alpha value is -7.90. The molecule has 12 rings (SSSR count). The fraction of sp³-hybridized carbons (Fsp3) is 0. The minimum Gasteiger partial charge on any atom is -0.294 e. The molecule has 0 saturated carbocycles. The van der Waals surface area contributed by atoms with Crippen molar-refractivity contribution >= 4 is 65.7 Å². The van der Waals surface area contributed by atoms with Gasteiger partial charge in [-0.15, -0.1) is 0 Å². The van der Waals surface area contributed by atoms with Gasteiger partial charge in [-0.25, -0.2) is 19.9 Å². The lowest BCUT2D eigenvalue weighted by atomic mass is 10.1. The summed E-state index contributed by atoms with van der Waals surface area (Å²) in [7, 11) is 0. The van der Waals surface area contributed by atoms with Crippen molar-refractivity contribution in [2.45, 2.75) is 0 Å². The van der Waals surface area contributed by atoms with Gasteiger partial charge in [-0.05, 0) is 54.5 Å². The van der Waals surface area contributed by atoms with Crippen LogP contribution in [-0.2, 0) is 0 Å². The van der Waals surface area contributed by atoms with Crippen molar-refractivity contribution < 1.29 is 34.3 Å². The van der Waals surface area contributed by atoms with E-state index in [1.165, 1.54) is 36.7 Å². The molecule has 12 aromatic rings. The number of aromatic nitrogens is 7. The van der Waals surface area contributed by atoms with E-state index in [9.17, 15) is 12.3 Å². The number of hydrogen-bond acceptors (Lipinski definition) is 4. The summed E-state index contributed by atoms with van der Waals surface area (Å²) in [6.45, 7) is 0. The third-order valence-corrected chi connectivity index (χ3v) is 9.46. The highest BCUT2D eigenvalue weighted by Crippen LogP contribution is 2.42. The molecule has 7 nitrogen and oxygen atoms in total. The fourth-order valence-corrected chi connectivity index (χ4v) is 7.19. The van der Waals surface area contributed by atoms with Gasteiger partial charge >= 0.3 is 0 Å². The third-order valence-electron chi connectivity index (χ3n) is 9.46. The maximum atomic E-state index is 10.4. The van der Waals surface area contributed by atoms with Gasteiger partial charge in [0.15, 0.2) is 5.82 Å². The van der Waals surface area contributed by atoms with Crippen LogP contribution in [0.4, 0.5) is 0 Å². The molecule has 0 aliphatic rings. The second-order valence-electron chi connectivity index (χ2n) is 12.4. The van der Waals surface area contributed by atoms with Crippen LogP contribution < -0.4 is 0 Å². The Kier molecular flexibility index (Phi) is 3.39. The summed E-state index contributed by atoms with van der Waals surface area (Å²) in [5.74, 6) is -1.77. The fourth-order valence-electron chi connectivity index (χ4n) is 7.19. The number of para-hydroxylation sites is 5. The zero-order valence-corrected chi connectivity index (χ0v) is 28.6. The van der Waals surface area contributed by atoms with E-state index in [1.807, 2.05) is 0 Å². The van der Waals surface area contributed by atoms with Gasteiger partial charge in [-0.3, -0.25) is 13.7 Å². The zero-order chi connectivity index (χ0) is 59.2. The third kappa shape index (κ3) is 4.66. The molecule has 0 bridgehead atoms. The molecule has 0 fully saturated rings. The van der Waals surface area contributed by atoms with E-state index in [4.69, 9.17) is 21.9 Å². The highest BCUT2D eigenvalue weighted by Gasteiger charge is 2.25. The Morgan fingerprint density at radius 2 is 0.947 bits per heavy atom. The van der Waals surface area contributed by atoms with Gasteiger partial charge in [0.1, 0.15) is 17.1 Å². The molecule has 57 heavy (non-hydrogen) atoms. The summed E-state index contributed by atoms with van der Waals surface area (Å²) in [6, 6.07) is -15.2. The molecule has 0 spiro atoms. The number of fused-ring (bicyclic) bond motifs is 9. The van der Waals surface area contributed by atoms with Crippen LogP contribution in [0, 0.1) is 0 Å². The monoisotopic (exact) mass is 754 g/mol. The number of pyridine rings is 2. The van der Waals surface area contributed by atoms with Crippen LogP contribution in [0.2, 0.25) is 0 Å². The predicted molar refractivity (Wildman–Crippen MR) is 232 cm³/mol. The molecule has 0 saturated heterocycles. The van der Waals surface area contributed by atoms with Gasteiger partial charge in [0.2, 0.25) is 0 Å². The van der Waals surface area contributed by atoms with Crippen molar-refractivity contribution in [3.05, 3.63) is 188 Å². The van der Waals surface area contributed by atoms with Crippen LogP contribution in [0.15, 0.2) is 188 Å². The molecule has 0 amide bonds. The summed E-state index contributed by atoms with van der Waals surface area (Å²) in [5, 5.41) is -1.25. The van der Waals surface area contributed by atoms with E-state index in [0.717, 1.165) is 13.7 Å². The van der Waals surface area contributed by atoms with Gasteiger partial charge in [-0.2, -0.15) is 0 Å². The average Bonchev–Trinajstić information content (AvgIpc) is 1.59. The molecule has 6 aromatic carbocycles. The maximum Gasteiger partial charge on any atom is 0.162 e. The van der Waals surface area contributed by atoms with Gasteiger partial charge in [-0.1, -0.05) is 115 Å². The van der Waals surface area contributed by atoms with Gasteiger partial charge in [0.05, 0.1) is 73.4 Å². The molecular formula is C50H31N7. The molecular weight excluding hydrogens is 699 g/mol. The molecule has 0 radical (unpaired) electrons. The van der Waals surface area contributed by atoms with Gasteiger partial charge < -0.3 is 0 Å². The first-order chi connectivity index (χ1) is 38.7. The zero-order valence-electron chi connectivity index (χ0n) is 53.6. The summed E-state index contributed by atoms with van der Waals surface area (Å²) in [5.41, 5.74) is -6.10.